The van der Waals surface area contributed by atoms with E-state index in [9.17, 15) is 4.79 Å². The number of anilines is 1. The maximum Gasteiger partial charge on any atom is 0.337 e. The fourth-order valence-electron chi connectivity index (χ4n) is 3.33. The quantitative estimate of drug-likeness (QED) is 0.663. The van der Waals surface area contributed by atoms with Gasteiger partial charge in [-0.2, -0.15) is 0 Å². The Kier molecular flexibility index (Phi) is 9.48. The highest BCUT2D eigenvalue weighted by atomic mass is 16.5. The van der Waals surface area contributed by atoms with Crippen LogP contribution in [0.4, 0.5) is 5.69 Å². The summed E-state index contributed by atoms with van der Waals surface area (Å²) in [6.07, 6.45) is 12.2. The van der Waals surface area contributed by atoms with Crippen LogP contribution in [0.2, 0.25) is 0 Å². The summed E-state index contributed by atoms with van der Waals surface area (Å²) >= 11 is 0. The van der Waals surface area contributed by atoms with Gasteiger partial charge in [-0.25, -0.2) is 4.79 Å². The molecule has 1 heterocycles. The van der Waals surface area contributed by atoms with Gasteiger partial charge in [0.1, 0.15) is 5.75 Å². The summed E-state index contributed by atoms with van der Waals surface area (Å²) in [6.45, 7) is 4.91. The number of ether oxygens (including phenoxy) is 1. The first kappa shape index (κ1) is 22.7. The highest BCUT2D eigenvalue weighted by Crippen LogP contribution is 2.32. The molecule has 5 heteroatoms. The van der Waals surface area contributed by atoms with Crippen LogP contribution in [-0.2, 0) is 12.8 Å². The number of nitrogens with one attached hydrogen (secondary N) is 1. The Morgan fingerprint density at radius 3 is 2.52 bits per heavy atom. The number of carboxylic acid groups (broad SMARTS) is 1. The summed E-state index contributed by atoms with van der Waals surface area (Å²) in [5, 5.41) is 11.4. The van der Waals surface area contributed by atoms with E-state index < -0.39 is 5.97 Å². The number of aromatic nitrogens is 1. The number of aromatic carboxylic acids is 1. The molecule has 0 amide bonds. The van der Waals surface area contributed by atoms with E-state index in [4.69, 9.17) is 9.84 Å². The molecular formula is C24H34N2O3. The molecule has 0 radical (unpaired) electrons. The predicted molar refractivity (Wildman–Crippen MR) is 118 cm³/mol. The molecule has 0 aliphatic heterocycles. The first-order valence-corrected chi connectivity index (χ1v) is 10.8. The summed E-state index contributed by atoms with van der Waals surface area (Å²) in [5.41, 5.74) is 3.83. The lowest BCUT2D eigenvalue weighted by atomic mass is 9.92. The molecule has 2 aliphatic carbocycles. The van der Waals surface area contributed by atoms with Crippen molar-refractivity contribution in [3.05, 3.63) is 53.3 Å². The fraction of sp³-hybridized carbons (Fsp3) is 0.500. The summed E-state index contributed by atoms with van der Waals surface area (Å²) < 4.78 is 5.82. The Morgan fingerprint density at radius 1 is 1.17 bits per heavy atom. The second kappa shape index (κ2) is 12.1. The average Bonchev–Trinajstić information content (AvgIpc) is 3.60. The number of rotatable bonds is 6. The lowest BCUT2D eigenvalue weighted by Gasteiger charge is -2.16. The molecule has 2 N–H and O–H groups in total. The van der Waals surface area contributed by atoms with E-state index in [0.717, 1.165) is 18.3 Å². The van der Waals surface area contributed by atoms with Crippen molar-refractivity contribution in [1.29, 1.82) is 0 Å². The number of nitrogens with zero attached hydrogens (tertiary/aromatic N) is 1. The van der Waals surface area contributed by atoms with E-state index in [1.165, 1.54) is 69.0 Å². The van der Waals surface area contributed by atoms with Crippen molar-refractivity contribution in [2.24, 2.45) is 5.92 Å². The molecule has 1 saturated carbocycles. The van der Waals surface area contributed by atoms with E-state index in [1.54, 1.807) is 12.6 Å². The first-order valence-electron chi connectivity index (χ1n) is 10.8. The molecule has 0 atom stereocenters. The molecule has 2 aromatic rings. The highest BCUT2D eigenvalue weighted by Gasteiger charge is 2.20. The van der Waals surface area contributed by atoms with Gasteiger partial charge >= 0.3 is 5.97 Å². The molecular weight excluding hydrogens is 364 g/mol. The van der Waals surface area contributed by atoms with E-state index >= 15 is 0 Å². The summed E-state index contributed by atoms with van der Waals surface area (Å²) in [7, 11) is 1.66. The van der Waals surface area contributed by atoms with Crippen LogP contribution in [0.15, 0.2) is 36.7 Å². The number of fused-ring (bicyclic) bond motifs is 1. The first-order chi connectivity index (χ1) is 14.2. The lowest BCUT2D eigenvalue weighted by Crippen LogP contribution is -2.04. The third-order valence-corrected chi connectivity index (χ3v) is 5.13. The monoisotopic (exact) mass is 398 g/mol. The van der Waals surface area contributed by atoms with Gasteiger partial charge in [-0.1, -0.05) is 32.8 Å². The maximum absolute atomic E-state index is 10.5. The van der Waals surface area contributed by atoms with Crippen molar-refractivity contribution in [2.45, 2.75) is 58.8 Å². The van der Waals surface area contributed by atoms with Crippen molar-refractivity contribution in [2.75, 3.05) is 19.0 Å². The van der Waals surface area contributed by atoms with Gasteiger partial charge in [0.05, 0.1) is 24.1 Å². The normalized spacial score (nSPS) is 14.3. The topological polar surface area (TPSA) is 71.5 Å². The lowest BCUT2D eigenvalue weighted by molar-refractivity contribution is 0.0698. The second-order valence-electron chi connectivity index (χ2n) is 7.19. The minimum absolute atomic E-state index is 0.238. The number of hydrogen-bond acceptors (Lipinski definition) is 4. The average molecular weight is 399 g/mol. The smallest absolute Gasteiger partial charge is 0.337 e. The molecule has 1 aromatic carbocycles. The number of carbonyl (C=O) groups is 1. The zero-order chi connectivity index (χ0) is 21.1. The van der Waals surface area contributed by atoms with Crippen LogP contribution in [0, 0.1) is 5.92 Å². The van der Waals surface area contributed by atoms with Crippen LogP contribution < -0.4 is 10.1 Å². The van der Waals surface area contributed by atoms with E-state index in [0.29, 0.717) is 5.69 Å². The minimum Gasteiger partial charge on any atom is -0.494 e. The largest absolute Gasteiger partial charge is 0.494 e. The summed E-state index contributed by atoms with van der Waals surface area (Å²) in [5.74, 6) is 1.11. The zero-order valence-corrected chi connectivity index (χ0v) is 17.9. The van der Waals surface area contributed by atoms with Crippen molar-refractivity contribution in [1.82, 2.24) is 4.98 Å². The van der Waals surface area contributed by atoms with E-state index in [1.807, 2.05) is 13.8 Å². The highest BCUT2D eigenvalue weighted by molar-refractivity contribution is 5.93. The third kappa shape index (κ3) is 7.41. The van der Waals surface area contributed by atoms with Gasteiger partial charge in [-0.3, -0.25) is 4.98 Å². The van der Waals surface area contributed by atoms with Gasteiger partial charge in [0.25, 0.3) is 0 Å². The maximum atomic E-state index is 10.5. The van der Waals surface area contributed by atoms with Crippen LogP contribution in [-0.4, -0.2) is 29.7 Å². The number of hydrogen-bond donors (Lipinski definition) is 2. The Balaban J connectivity index is 0.000000203. The Labute approximate surface area is 174 Å². The molecule has 0 unspecified atom stereocenters. The standard InChI is InChI=1S/C15H20O.C7H8N2O2.C2H6/c1-2-4-14-11-15(8-7-13(14)3-1)16-10-9-12-5-6-12;1-8-6-4-9-3-2-5(6)7(10)11;1-2/h7-8,11-12H,1-6,9-10H2;2-4,8H,1H3,(H,10,11);1-2H3. The van der Waals surface area contributed by atoms with E-state index in [2.05, 4.69) is 28.5 Å². The van der Waals surface area contributed by atoms with Crippen molar-refractivity contribution in [3.63, 3.8) is 0 Å². The Hall–Kier alpha value is -2.56. The van der Waals surface area contributed by atoms with Crippen LogP contribution in [0.5, 0.6) is 5.75 Å². The molecule has 158 valence electrons. The van der Waals surface area contributed by atoms with Gasteiger partial charge in [0.15, 0.2) is 0 Å². The predicted octanol–water partition coefficient (Wildman–Crippen LogP) is 5.59. The summed E-state index contributed by atoms with van der Waals surface area (Å²) in [6, 6.07) is 8.13. The number of pyridine rings is 1. The van der Waals surface area contributed by atoms with Crippen LogP contribution in [0.1, 0.15) is 67.4 Å². The third-order valence-electron chi connectivity index (χ3n) is 5.13. The molecule has 0 bridgehead atoms. The molecule has 1 fully saturated rings. The fourth-order valence-corrected chi connectivity index (χ4v) is 3.33. The molecule has 1 aromatic heterocycles. The van der Waals surface area contributed by atoms with Gasteiger partial charge in [-0.15, -0.1) is 0 Å². The SMILES string of the molecule is CC.CNc1cnccc1C(=O)O.c1cc2c(cc1OCCC1CC1)CCCC2. The van der Waals surface area contributed by atoms with Gasteiger partial charge < -0.3 is 15.2 Å². The van der Waals surface area contributed by atoms with Crippen LogP contribution in [0.25, 0.3) is 0 Å². The van der Waals surface area contributed by atoms with Gasteiger partial charge in [-0.05, 0) is 67.3 Å². The van der Waals surface area contributed by atoms with Crippen LogP contribution in [0.3, 0.4) is 0 Å². The minimum atomic E-state index is -0.947. The number of carboxylic acids is 1. The molecule has 4 rings (SSSR count). The second-order valence-corrected chi connectivity index (χ2v) is 7.19. The molecule has 0 spiro atoms. The molecule has 5 nitrogen and oxygen atoms in total. The van der Waals surface area contributed by atoms with E-state index in [-0.39, 0.29) is 5.56 Å². The van der Waals surface area contributed by atoms with Crippen molar-refractivity contribution < 1.29 is 14.6 Å². The van der Waals surface area contributed by atoms with Crippen molar-refractivity contribution >= 4 is 11.7 Å². The Morgan fingerprint density at radius 2 is 1.90 bits per heavy atom. The zero-order valence-electron chi connectivity index (χ0n) is 17.9. The van der Waals surface area contributed by atoms with Crippen molar-refractivity contribution in [3.8, 4) is 5.75 Å². The summed E-state index contributed by atoms with van der Waals surface area (Å²) in [4.78, 5) is 14.3. The molecule has 0 saturated heterocycles. The van der Waals surface area contributed by atoms with Gasteiger partial charge in [0, 0.05) is 13.2 Å². The molecule has 29 heavy (non-hydrogen) atoms. The molecule has 2 aliphatic rings. The van der Waals surface area contributed by atoms with Crippen LogP contribution >= 0.6 is 0 Å². The number of aryl methyl sites for hydroxylation is 2. The Bertz CT molecular complexity index is 772. The van der Waals surface area contributed by atoms with Gasteiger partial charge in [0.2, 0.25) is 0 Å². The number of benzene rings is 1.